The number of amides is 2. The second kappa shape index (κ2) is 9.13. The predicted molar refractivity (Wildman–Crippen MR) is 125 cm³/mol. The molecule has 0 aliphatic rings. The van der Waals surface area contributed by atoms with Gasteiger partial charge in [-0.2, -0.15) is 0 Å². The third kappa shape index (κ3) is 4.90. The molecule has 0 saturated carbocycles. The molecule has 4 rings (SSSR count). The van der Waals surface area contributed by atoms with Gasteiger partial charge in [0.15, 0.2) is 0 Å². The van der Waals surface area contributed by atoms with Crippen LogP contribution < -0.4 is 15.4 Å². The van der Waals surface area contributed by atoms with Crippen molar-refractivity contribution in [1.82, 2.24) is 4.98 Å². The molecule has 5 heteroatoms. The van der Waals surface area contributed by atoms with Gasteiger partial charge in [-0.15, -0.1) is 0 Å². The standard InChI is InChI=1S/C26H23N3O2/c1-18-17-21(15-16-27-18)19-7-11-22(12-8-19)28-26(30)29-25-6-4-3-5-24(25)20-9-13-23(31-2)14-10-20/h3-17H,1-2H3,(H2,28,29,30). The number of carbonyl (C=O) groups is 1. The molecule has 5 nitrogen and oxygen atoms in total. The van der Waals surface area contributed by atoms with Gasteiger partial charge >= 0.3 is 6.03 Å². The lowest BCUT2D eigenvalue weighted by atomic mass is 10.0. The van der Waals surface area contributed by atoms with Crippen LogP contribution >= 0.6 is 0 Å². The van der Waals surface area contributed by atoms with Crippen LogP contribution in [-0.4, -0.2) is 18.1 Å². The number of hydrogen-bond donors (Lipinski definition) is 2. The van der Waals surface area contributed by atoms with Crippen molar-refractivity contribution < 1.29 is 9.53 Å². The number of aryl methyl sites for hydroxylation is 1. The van der Waals surface area contributed by atoms with Gasteiger partial charge in [-0.1, -0.05) is 42.5 Å². The van der Waals surface area contributed by atoms with Gasteiger partial charge < -0.3 is 15.4 Å². The molecule has 0 bridgehead atoms. The van der Waals surface area contributed by atoms with Crippen LogP contribution in [0.25, 0.3) is 22.3 Å². The van der Waals surface area contributed by atoms with E-state index in [1.807, 2.05) is 91.9 Å². The smallest absolute Gasteiger partial charge is 0.323 e. The number of nitrogens with zero attached hydrogens (tertiary/aromatic N) is 1. The Bertz CT molecular complexity index is 1190. The van der Waals surface area contributed by atoms with Crippen LogP contribution in [0.15, 0.2) is 91.1 Å². The van der Waals surface area contributed by atoms with E-state index in [0.717, 1.165) is 39.4 Å². The van der Waals surface area contributed by atoms with Crippen molar-refractivity contribution in [2.75, 3.05) is 17.7 Å². The van der Waals surface area contributed by atoms with Gasteiger partial charge in [0.1, 0.15) is 5.75 Å². The van der Waals surface area contributed by atoms with Crippen molar-refractivity contribution >= 4 is 17.4 Å². The van der Waals surface area contributed by atoms with Gasteiger partial charge in [0, 0.05) is 23.1 Å². The second-order valence-electron chi connectivity index (χ2n) is 7.12. The number of rotatable bonds is 5. The van der Waals surface area contributed by atoms with Crippen molar-refractivity contribution in [2.45, 2.75) is 6.92 Å². The van der Waals surface area contributed by atoms with Crippen LogP contribution in [0.1, 0.15) is 5.69 Å². The fraction of sp³-hybridized carbons (Fsp3) is 0.0769. The number of hydrogen-bond acceptors (Lipinski definition) is 3. The number of pyridine rings is 1. The molecule has 3 aromatic carbocycles. The van der Waals surface area contributed by atoms with Crippen LogP contribution in [0.3, 0.4) is 0 Å². The third-order valence-corrected chi connectivity index (χ3v) is 4.95. The summed E-state index contributed by atoms with van der Waals surface area (Å²) in [5.74, 6) is 0.789. The highest BCUT2D eigenvalue weighted by atomic mass is 16.5. The van der Waals surface area contributed by atoms with Gasteiger partial charge in [-0.25, -0.2) is 4.79 Å². The van der Waals surface area contributed by atoms with E-state index in [4.69, 9.17) is 4.74 Å². The average Bonchev–Trinajstić information content (AvgIpc) is 2.80. The van der Waals surface area contributed by atoms with Gasteiger partial charge in [0.2, 0.25) is 0 Å². The first-order valence-electron chi connectivity index (χ1n) is 9.97. The first-order chi connectivity index (χ1) is 15.1. The Hall–Kier alpha value is -4.12. The van der Waals surface area contributed by atoms with Gasteiger partial charge in [-0.3, -0.25) is 4.98 Å². The summed E-state index contributed by atoms with van der Waals surface area (Å²) in [6.45, 7) is 1.97. The maximum Gasteiger partial charge on any atom is 0.323 e. The highest BCUT2D eigenvalue weighted by molar-refractivity contribution is 6.02. The fourth-order valence-electron chi connectivity index (χ4n) is 3.37. The number of ether oxygens (including phenoxy) is 1. The molecular weight excluding hydrogens is 386 g/mol. The summed E-state index contributed by atoms with van der Waals surface area (Å²) in [5.41, 5.74) is 6.51. The molecule has 0 saturated heterocycles. The van der Waals surface area contributed by atoms with E-state index >= 15 is 0 Å². The number of benzene rings is 3. The molecule has 0 spiro atoms. The van der Waals surface area contributed by atoms with E-state index in [-0.39, 0.29) is 6.03 Å². The number of nitrogens with one attached hydrogen (secondary N) is 2. The molecule has 0 aliphatic heterocycles. The van der Waals surface area contributed by atoms with Crippen LogP contribution in [-0.2, 0) is 0 Å². The molecule has 0 unspecified atom stereocenters. The number of aromatic nitrogens is 1. The van der Waals surface area contributed by atoms with Crippen molar-refractivity contribution in [3.63, 3.8) is 0 Å². The van der Waals surface area contributed by atoms with E-state index in [0.29, 0.717) is 5.69 Å². The summed E-state index contributed by atoms with van der Waals surface area (Å²) in [6, 6.07) is 26.9. The Balaban J connectivity index is 1.47. The molecular formula is C26H23N3O2. The van der Waals surface area contributed by atoms with Gasteiger partial charge in [0.25, 0.3) is 0 Å². The summed E-state index contributed by atoms with van der Waals surface area (Å²) >= 11 is 0. The summed E-state index contributed by atoms with van der Waals surface area (Å²) < 4.78 is 5.23. The van der Waals surface area contributed by atoms with Gasteiger partial charge in [-0.05, 0) is 66.1 Å². The Labute approximate surface area is 181 Å². The van der Waals surface area contributed by atoms with Crippen molar-refractivity contribution in [3.8, 4) is 28.0 Å². The third-order valence-electron chi connectivity index (χ3n) is 4.95. The van der Waals surface area contributed by atoms with Gasteiger partial charge in [0.05, 0.1) is 12.8 Å². The molecule has 1 aromatic heterocycles. The second-order valence-corrected chi connectivity index (χ2v) is 7.12. The Morgan fingerprint density at radius 1 is 0.806 bits per heavy atom. The molecule has 154 valence electrons. The zero-order chi connectivity index (χ0) is 21.6. The molecule has 2 amide bonds. The Morgan fingerprint density at radius 2 is 1.52 bits per heavy atom. The molecule has 0 fully saturated rings. The molecule has 1 heterocycles. The number of urea groups is 1. The van der Waals surface area contributed by atoms with E-state index in [1.54, 1.807) is 13.3 Å². The maximum absolute atomic E-state index is 12.6. The van der Waals surface area contributed by atoms with E-state index < -0.39 is 0 Å². The number of para-hydroxylation sites is 1. The van der Waals surface area contributed by atoms with Crippen LogP contribution in [0.2, 0.25) is 0 Å². The van der Waals surface area contributed by atoms with Crippen molar-refractivity contribution in [1.29, 1.82) is 0 Å². The normalized spacial score (nSPS) is 10.4. The van der Waals surface area contributed by atoms with E-state index in [1.165, 1.54) is 0 Å². The Kier molecular flexibility index (Phi) is 5.94. The summed E-state index contributed by atoms with van der Waals surface area (Å²) in [7, 11) is 1.64. The number of carbonyl (C=O) groups excluding carboxylic acids is 1. The summed E-state index contributed by atoms with van der Waals surface area (Å²) in [6.07, 6.45) is 1.80. The van der Waals surface area contributed by atoms with E-state index in [9.17, 15) is 4.79 Å². The molecule has 2 N–H and O–H groups in total. The fourth-order valence-corrected chi connectivity index (χ4v) is 3.37. The minimum absolute atomic E-state index is 0.298. The van der Waals surface area contributed by atoms with Crippen LogP contribution in [0, 0.1) is 6.92 Å². The van der Waals surface area contributed by atoms with Crippen LogP contribution in [0.5, 0.6) is 5.75 Å². The minimum atomic E-state index is -0.298. The zero-order valence-electron chi connectivity index (χ0n) is 17.4. The lowest BCUT2D eigenvalue weighted by Crippen LogP contribution is -2.19. The van der Waals surface area contributed by atoms with Crippen molar-refractivity contribution in [2.24, 2.45) is 0 Å². The summed E-state index contributed by atoms with van der Waals surface area (Å²) in [4.78, 5) is 16.8. The first-order valence-corrected chi connectivity index (χ1v) is 9.97. The quantitative estimate of drug-likeness (QED) is 0.402. The van der Waals surface area contributed by atoms with E-state index in [2.05, 4.69) is 15.6 Å². The molecule has 0 atom stereocenters. The SMILES string of the molecule is COc1ccc(-c2ccccc2NC(=O)Nc2ccc(-c3ccnc(C)c3)cc2)cc1. The lowest BCUT2D eigenvalue weighted by molar-refractivity contribution is 0.262. The molecule has 0 radical (unpaired) electrons. The number of anilines is 2. The molecule has 4 aromatic rings. The summed E-state index contributed by atoms with van der Waals surface area (Å²) in [5, 5.41) is 5.85. The zero-order valence-corrected chi connectivity index (χ0v) is 17.4. The lowest BCUT2D eigenvalue weighted by Gasteiger charge is -2.13. The minimum Gasteiger partial charge on any atom is -0.497 e. The maximum atomic E-state index is 12.6. The Morgan fingerprint density at radius 3 is 2.23 bits per heavy atom. The van der Waals surface area contributed by atoms with Crippen molar-refractivity contribution in [3.05, 3.63) is 96.8 Å². The topological polar surface area (TPSA) is 63.2 Å². The average molecular weight is 409 g/mol. The predicted octanol–water partition coefficient (Wildman–Crippen LogP) is 6.38. The highest BCUT2D eigenvalue weighted by Crippen LogP contribution is 2.29. The van der Waals surface area contributed by atoms with Crippen LogP contribution in [0.4, 0.5) is 16.2 Å². The molecule has 0 aliphatic carbocycles. The highest BCUT2D eigenvalue weighted by Gasteiger charge is 2.09. The molecule has 31 heavy (non-hydrogen) atoms. The monoisotopic (exact) mass is 409 g/mol. The first kappa shape index (κ1) is 20.2. The number of methoxy groups -OCH3 is 1. The largest absolute Gasteiger partial charge is 0.497 e.